The lowest BCUT2D eigenvalue weighted by Crippen LogP contribution is -2.24. The average molecular weight is 185 g/mol. The van der Waals surface area contributed by atoms with Crippen molar-refractivity contribution < 1.29 is 9.53 Å². The fraction of sp³-hybridized carbons (Fsp3) is 0.900. The van der Waals surface area contributed by atoms with Gasteiger partial charge in [-0.25, -0.2) is 0 Å². The molecular weight excluding hydrogens is 166 g/mol. The zero-order chi connectivity index (χ0) is 9.84. The molecule has 1 rings (SSSR count). The Morgan fingerprint density at radius 1 is 1.62 bits per heavy atom. The Morgan fingerprint density at radius 2 is 2.23 bits per heavy atom. The maximum Gasteiger partial charge on any atom is 0.306 e. The molecule has 0 heterocycles. The van der Waals surface area contributed by atoms with Gasteiger partial charge >= 0.3 is 5.97 Å². The molecular formula is C10H19NO2. The van der Waals surface area contributed by atoms with Gasteiger partial charge in [0, 0.05) is 13.1 Å². The maximum absolute atomic E-state index is 10.8. The van der Waals surface area contributed by atoms with E-state index in [-0.39, 0.29) is 5.97 Å². The number of esters is 1. The normalized spacial score (nSPS) is 26.2. The van der Waals surface area contributed by atoms with Crippen LogP contribution in [-0.4, -0.2) is 38.1 Å². The molecule has 1 saturated carbocycles. The topological polar surface area (TPSA) is 29.5 Å². The Morgan fingerprint density at radius 3 is 2.69 bits per heavy atom. The minimum absolute atomic E-state index is 0.115. The molecule has 2 atom stereocenters. The van der Waals surface area contributed by atoms with Gasteiger partial charge in [-0.1, -0.05) is 6.92 Å². The summed E-state index contributed by atoms with van der Waals surface area (Å²) in [6, 6.07) is 0. The second-order valence-corrected chi connectivity index (χ2v) is 4.06. The van der Waals surface area contributed by atoms with Crippen molar-refractivity contribution in [2.24, 2.45) is 11.8 Å². The number of rotatable bonds is 5. The molecule has 1 aliphatic carbocycles. The van der Waals surface area contributed by atoms with Crippen molar-refractivity contribution in [1.82, 2.24) is 4.90 Å². The van der Waals surface area contributed by atoms with Crippen molar-refractivity contribution in [3.05, 3.63) is 0 Å². The molecule has 0 saturated heterocycles. The molecule has 0 radical (unpaired) electrons. The molecule has 76 valence electrons. The lowest BCUT2D eigenvalue weighted by Gasteiger charge is -2.15. The predicted molar refractivity (Wildman–Crippen MR) is 51.4 cm³/mol. The summed E-state index contributed by atoms with van der Waals surface area (Å²) in [5.41, 5.74) is 0. The molecule has 0 spiro atoms. The van der Waals surface area contributed by atoms with E-state index in [1.807, 2.05) is 0 Å². The van der Waals surface area contributed by atoms with Crippen LogP contribution in [0.4, 0.5) is 0 Å². The molecule has 0 aliphatic heterocycles. The lowest BCUT2D eigenvalue weighted by atomic mass is 10.3. The molecule has 0 amide bonds. The zero-order valence-corrected chi connectivity index (χ0v) is 8.75. The molecule has 0 aromatic carbocycles. The minimum Gasteiger partial charge on any atom is -0.469 e. The highest BCUT2D eigenvalue weighted by atomic mass is 16.5. The Labute approximate surface area is 80.1 Å². The van der Waals surface area contributed by atoms with Gasteiger partial charge in [0.1, 0.15) is 0 Å². The summed E-state index contributed by atoms with van der Waals surface area (Å²) in [5.74, 6) is 1.64. The molecule has 0 bridgehead atoms. The van der Waals surface area contributed by atoms with Gasteiger partial charge in [-0.2, -0.15) is 0 Å². The fourth-order valence-electron chi connectivity index (χ4n) is 1.53. The Bertz CT molecular complexity index is 182. The SMILES string of the molecule is COC(=O)CCN(C)CC1CC1C. The van der Waals surface area contributed by atoms with Gasteiger partial charge in [0.15, 0.2) is 0 Å². The average Bonchev–Trinajstić information content (AvgIpc) is 2.77. The summed E-state index contributed by atoms with van der Waals surface area (Å²) in [7, 11) is 3.50. The van der Waals surface area contributed by atoms with Crippen LogP contribution in [0, 0.1) is 11.8 Å². The van der Waals surface area contributed by atoms with Crippen LogP contribution in [0.2, 0.25) is 0 Å². The number of carbonyl (C=O) groups is 1. The van der Waals surface area contributed by atoms with Crippen LogP contribution in [0.1, 0.15) is 19.8 Å². The highest BCUT2D eigenvalue weighted by molar-refractivity contribution is 5.69. The van der Waals surface area contributed by atoms with Gasteiger partial charge in [-0.3, -0.25) is 4.79 Å². The highest BCUT2D eigenvalue weighted by Crippen LogP contribution is 2.37. The third kappa shape index (κ3) is 3.77. The first-order valence-electron chi connectivity index (χ1n) is 4.89. The first kappa shape index (κ1) is 10.5. The number of ether oxygens (including phenoxy) is 1. The van der Waals surface area contributed by atoms with E-state index in [1.54, 1.807) is 0 Å². The molecule has 1 fully saturated rings. The predicted octanol–water partition coefficient (Wildman–Crippen LogP) is 1.14. The summed E-state index contributed by atoms with van der Waals surface area (Å²) in [5, 5.41) is 0. The van der Waals surface area contributed by atoms with E-state index in [2.05, 4.69) is 23.6 Å². The molecule has 1 aliphatic rings. The van der Waals surface area contributed by atoms with E-state index in [4.69, 9.17) is 0 Å². The second kappa shape index (κ2) is 4.61. The monoisotopic (exact) mass is 185 g/mol. The molecule has 2 unspecified atom stereocenters. The van der Waals surface area contributed by atoms with Crippen molar-refractivity contribution in [3.8, 4) is 0 Å². The van der Waals surface area contributed by atoms with Crippen LogP contribution >= 0.6 is 0 Å². The molecule has 13 heavy (non-hydrogen) atoms. The second-order valence-electron chi connectivity index (χ2n) is 4.06. The van der Waals surface area contributed by atoms with E-state index in [1.165, 1.54) is 13.5 Å². The van der Waals surface area contributed by atoms with E-state index in [9.17, 15) is 4.79 Å². The Balaban J connectivity index is 2.04. The van der Waals surface area contributed by atoms with Crippen molar-refractivity contribution in [3.63, 3.8) is 0 Å². The first-order valence-corrected chi connectivity index (χ1v) is 4.89. The smallest absolute Gasteiger partial charge is 0.306 e. The van der Waals surface area contributed by atoms with Crippen LogP contribution < -0.4 is 0 Å². The number of methoxy groups -OCH3 is 1. The maximum atomic E-state index is 10.8. The first-order chi connectivity index (χ1) is 6.13. The fourth-order valence-corrected chi connectivity index (χ4v) is 1.53. The van der Waals surface area contributed by atoms with Gasteiger partial charge in [0.2, 0.25) is 0 Å². The third-order valence-corrected chi connectivity index (χ3v) is 2.75. The zero-order valence-electron chi connectivity index (χ0n) is 8.75. The molecule has 0 aromatic heterocycles. The lowest BCUT2D eigenvalue weighted by molar-refractivity contribution is -0.140. The highest BCUT2D eigenvalue weighted by Gasteiger charge is 2.32. The molecule has 3 nitrogen and oxygen atoms in total. The van der Waals surface area contributed by atoms with Crippen LogP contribution in [-0.2, 0) is 9.53 Å². The van der Waals surface area contributed by atoms with E-state index >= 15 is 0 Å². The Kier molecular flexibility index (Phi) is 3.72. The van der Waals surface area contributed by atoms with Crippen molar-refractivity contribution in [2.45, 2.75) is 19.8 Å². The standard InChI is InChI=1S/C10H19NO2/c1-8-6-9(8)7-11(2)5-4-10(12)13-3/h8-9H,4-7H2,1-3H3. The van der Waals surface area contributed by atoms with Gasteiger partial charge in [-0.05, 0) is 25.3 Å². The third-order valence-electron chi connectivity index (χ3n) is 2.75. The number of hydrogen-bond donors (Lipinski definition) is 0. The summed E-state index contributed by atoms with van der Waals surface area (Å²) >= 11 is 0. The van der Waals surface area contributed by atoms with Crippen LogP contribution in [0.3, 0.4) is 0 Å². The quantitative estimate of drug-likeness (QED) is 0.601. The summed E-state index contributed by atoms with van der Waals surface area (Å²) in [4.78, 5) is 13.0. The van der Waals surface area contributed by atoms with Gasteiger partial charge in [-0.15, -0.1) is 0 Å². The van der Waals surface area contributed by atoms with Gasteiger partial charge in [0.05, 0.1) is 13.5 Å². The van der Waals surface area contributed by atoms with E-state index in [0.29, 0.717) is 6.42 Å². The molecule has 0 N–H and O–H groups in total. The number of hydrogen-bond acceptors (Lipinski definition) is 3. The summed E-state index contributed by atoms with van der Waals surface area (Å²) in [6.07, 6.45) is 1.86. The minimum atomic E-state index is -0.115. The van der Waals surface area contributed by atoms with Crippen LogP contribution in [0.25, 0.3) is 0 Å². The van der Waals surface area contributed by atoms with Crippen molar-refractivity contribution >= 4 is 5.97 Å². The summed E-state index contributed by atoms with van der Waals surface area (Å²) in [6.45, 7) is 4.22. The van der Waals surface area contributed by atoms with E-state index < -0.39 is 0 Å². The van der Waals surface area contributed by atoms with Gasteiger partial charge in [0.25, 0.3) is 0 Å². The summed E-state index contributed by atoms with van der Waals surface area (Å²) < 4.78 is 4.58. The number of carbonyl (C=O) groups excluding carboxylic acids is 1. The van der Waals surface area contributed by atoms with Crippen molar-refractivity contribution in [1.29, 1.82) is 0 Å². The Hall–Kier alpha value is -0.570. The van der Waals surface area contributed by atoms with Crippen molar-refractivity contribution in [2.75, 3.05) is 27.2 Å². The van der Waals surface area contributed by atoms with Crippen LogP contribution in [0.5, 0.6) is 0 Å². The molecule has 3 heteroatoms. The van der Waals surface area contributed by atoms with E-state index in [0.717, 1.165) is 24.9 Å². The molecule has 0 aromatic rings. The number of nitrogens with zero attached hydrogens (tertiary/aromatic N) is 1. The largest absolute Gasteiger partial charge is 0.469 e. The van der Waals surface area contributed by atoms with Gasteiger partial charge < -0.3 is 9.64 Å². The van der Waals surface area contributed by atoms with Crippen LogP contribution in [0.15, 0.2) is 0 Å².